The van der Waals surface area contributed by atoms with Gasteiger partial charge in [-0.25, -0.2) is 4.79 Å². The average Bonchev–Trinajstić information content (AvgIpc) is 2.92. The molecular formula is C18H23ClN3O4+. The van der Waals surface area contributed by atoms with Crippen molar-refractivity contribution in [3.05, 3.63) is 28.9 Å². The zero-order valence-corrected chi connectivity index (χ0v) is 15.8. The van der Waals surface area contributed by atoms with Crippen LogP contribution in [-0.4, -0.2) is 55.8 Å². The number of amides is 1. The Morgan fingerprint density at radius 3 is 2.69 bits per heavy atom. The largest absolute Gasteiger partial charge is 0.464 e. The van der Waals surface area contributed by atoms with Crippen LogP contribution in [0.1, 0.15) is 24.3 Å². The fraction of sp³-hybridized carbons (Fsp3) is 0.444. The third-order valence-corrected chi connectivity index (χ3v) is 4.77. The molecule has 0 bridgehead atoms. The van der Waals surface area contributed by atoms with Crippen molar-refractivity contribution in [3.8, 4) is 0 Å². The van der Waals surface area contributed by atoms with Gasteiger partial charge in [-0.1, -0.05) is 17.7 Å². The number of aromatic nitrogens is 1. The lowest BCUT2D eigenvalue weighted by Crippen LogP contribution is -3.16. The van der Waals surface area contributed by atoms with E-state index in [-0.39, 0.29) is 30.4 Å². The SMILES string of the molecule is COC(=O)c1[nH]c2cccc(Cl)c2c1NC(=O)C[NH+]1C[C@H](C)O[C@@H](C)C1. The summed E-state index contributed by atoms with van der Waals surface area (Å²) in [4.78, 5) is 28.8. The van der Waals surface area contributed by atoms with E-state index in [1.54, 1.807) is 18.2 Å². The number of quaternary nitrogens is 1. The quantitative estimate of drug-likeness (QED) is 0.697. The first-order valence-corrected chi connectivity index (χ1v) is 8.94. The highest BCUT2D eigenvalue weighted by Crippen LogP contribution is 2.33. The first kappa shape index (κ1) is 18.7. The minimum atomic E-state index is -0.562. The van der Waals surface area contributed by atoms with E-state index >= 15 is 0 Å². The molecule has 3 rings (SSSR count). The summed E-state index contributed by atoms with van der Waals surface area (Å²) in [5.41, 5.74) is 1.20. The van der Waals surface area contributed by atoms with Crippen molar-refractivity contribution in [2.45, 2.75) is 26.1 Å². The number of carbonyl (C=O) groups is 2. The molecular weight excluding hydrogens is 358 g/mol. The van der Waals surface area contributed by atoms with Crippen LogP contribution in [0.4, 0.5) is 5.69 Å². The molecule has 2 aromatic rings. The van der Waals surface area contributed by atoms with Gasteiger partial charge in [-0.2, -0.15) is 0 Å². The van der Waals surface area contributed by atoms with Crippen LogP contribution in [0.15, 0.2) is 18.2 Å². The van der Waals surface area contributed by atoms with Gasteiger partial charge >= 0.3 is 5.97 Å². The number of benzene rings is 1. The van der Waals surface area contributed by atoms with Crippen molar-refractivity contribution in [1.82, 2.24) is 4.98 Å². The molecule has 7 nitrogen and oxygen atoms in total. The molecule has 1 saturated heterocycles. The Bertz CT molecular complexity index is 825. The number of ether oxygens (including phenoxy) is 2. The Hall–Kier alpha value is -2.09. The van der Waals surface area contributed by atoms with Gasteiger partial charge in [0.05, 0.1) is 17.8 Å². The number of H-pyrrole nitrogens is 1. The summed E-state index contributed by atoms with van der Waals surface area (Å²) in [6.07, 6.45) is 0.212. The molecule has 1 fully saturated rings. The van der Waals surface area contributed by atoms with Crippen molar-refractivity contribution >= 4 is 40.1 Å². The Balaban J connectivity index is 1.85. The van der Waals surface area contributed by atoms with E-state index in [2.05, 4.69) is 10.3 Å². The van der Waals surface area contributed by atoms with Crippen LogP contribution < -0.4 is 10.2 Å². The van der Waals surface area contributed by atoms with Crippen molar-refractivity contribution in [1.29, 1.82) is 0 Å². The maximum atomic E-state index is 12.6. The molecule has 0 spiro atoms. The van der Waals surface area contributed by atoms with Gasteiger partial charge in [0.15, 0.2) is 6.54 Å². The lowest BCUT2D eigenvalue weighted by molar-refractivity contribution is -0.907. The highest BCUT2D eigenvalue weighted by Gasteiger charge is 2.28. The highest BCUT2D eigenvalue weighted by molar-refractivity contribution is 6.37. The highest BCUT2D eigenvalue weighted by atomic mass is 35.5. The summed E-state index contributed by atoms with van der Waals surface area (Å²) in [7, 11) is 1.29. The number of anilines is 1. The number of halogens is 1. The standard InChI is InChI=1S/C18H22ClN3O4/c1-10-7-22(8-11(2)26-10)9-14(23)21-16-15-12(19)5-4-6-13(15)20-17(16)18(24)25-3/h4-6,10-11,20H,7-9H2,1-3H3,(H,21,23)/p+1/t10-,11-/m0/s1. The normalized spacial score (nSPS) is 23.0. The molecule has 1 aromatic carbocycles. The monoisotopic (exact) mass is 380 g/mol. The van der Waals surface area contributed by atoms with E-state index in [0.717, 1.165) is 18.0 Å². The van der Waals surface area contributed by atoms with Crippen LogP contribution in [0.3, 0.4) is 0 Å². The fourth-order valence-electron chi connectivity index (χ4n) is 3.53. The number of esters is 1. The van der Waals surface area contributed by atoms with Crippen LogP contribution in [-0.2, 0) is 14.3 Å². The molecule has 0 unspecified atom stereocenters. The molecule has 8 heteroatoms. The van der Waals surface area contributed by atoms with Gasteiger partial charge in [-0.15, -0.1) is 0 Å². The van der Waals surface area contributed by atoms with Gasteiger partial charge in [0, 0.05) is 10.9 Å². The molecule has 2 atom stereocenters. The van der Waals surface area contributed by atoms with E-state index < -0.39 is 5.97 Å². The first-order valence-electron chi connectivity index (χ1n) is 8.56. The molecule has 0 radical (unpaired) electrons. The minimum Gasteiger partial charge on any atom is -0.464 e. The summed E-state index contributed by atoms with van der Waals surface area (Å²) in [6.45, 7) is 5.81. The predicted molar refractivity (Wildman–Crippen MR) is 98.9 cm³/mol. The summed E-state index contributed by atoms with van der Waals surface area (Å²) >= 11 is 6.29. The Morgan fingerprint density at radius 2 is 2.04 bits per heavy atom. The summed E-state index contributed by atoms with van der Waals surface area (Å²) in [5.74, 6) is -0.749. The molecule has 140 valence electrons. The Morgan fingerprint density at radius 1 is 1.35 bits per heavy atom. The number of methoxy groups -OCH3 is 1. The average molecular weight is 381 g/mol. The van der Waals surface area contributed by atoms with E-state index in [1.165, 1.54) is 7.11 Å². The number of hydrogen-bond donors (Lipinski definition) is 3. The van der Waals surface area contributed by atoms with Crippen molar-refractivity contribution in [3.63, 3.8) is 0 Å². The van der Waals surface area contributed by atoms with Gasteiger partial charge in [0.1, 0.15) is 31.0 Å². The van der Waals surface area contributed by atoms with Gasteiger partial charge in [-0.05, 0) is 26.0 Å². The molecule has 1 amide bonds. The Labute approximate surface area is 156 Å². The first-order chi connectivity index (χ1) is 12.4. The van der Waals surface area contributed by atoms with Crippen LogP contribution in [0.2, 0.25) is 5.02 Å². The minimum absolute atomic E-state index is 0.106. The fourth-order valence-corrected chi connectivity index (χ4v) is 3.80. The number of rotatable bonds is 4. The summed E-state index contributed by atoms with van der Waals surface area (Å²) in [6, 6.07) is 5.28. The third-order valence-electron chi connectivity index (χ3n) is 4.45. The second kappa shape index (κ2) is 7.65. The summed E-state index contributed by atoms with van der Waals surface area (Å²) in [5, 5.41) is 3.90. The number of carbonyl (C=O) groups excluding carboxylic acids is 2. The predicted octanol–water partition coefficient (Wildman–Crippen LogP) is 1.24. The van der Waals surface area contributed by atoms with Crippen molar-refractivity contribution in [2.75, 3.05) is 32.1 Å². The number of hydrogen-bond acceptors (Lipinski definition) is 4. The zero-order chi connectivity index (χ0) is 18.8. The van der Waals surface area contributed by atoms with E-state index in [9.17, 15) is 9.59 Å². The number of morpholine rings is 1. The van der Waals surface area contributed by atoms with E-state index in [0.29, 0.717) is 21.6 Å². The van der Waals surface area contributed by atoms with E-state index in [4.69, 9.17) is 21.1 Å². The van der Waals surface area contributed by atoms with Crippen LogP contribution in [0.25, 0.3) is 10.9 Å². The van der Waals surface area contributed by atoms with Gasteiger partial charge in [0.25, 0.3) is 5.91 Å². The molecule has 2 heterocycles. The van der Waals surface area contributed by atoms with Crippen LogP contribution >= 0.6 is 11.6 Å². The lowest BCUT2D eigenvalue weighted by Gasteiger charge is -2.31. The smallest absolute Gasteiger partial charge is 0.356 e. The van der Waals surface area contributed by atoms with Crippen LogP contribution in [0, 0.1) is 0 Å². The third kappa shape index (κ3) is 3.85. The lowest BCUT2D eigenvalue weighted by atomic mass is 10.2. The maximum absolute atomic E-state index is 12.6. The molecule has 1 aliphatic heterocycles. The Kier molecular flexibility index (Phi) is 5.50. The summed E-state index contributed by atoms with van der Waals surface area (Å²) < 4.78 is 10.5. The zero-order valence-electron chi connectivity index (χ0n) is 15.0. The molecule has 0 aliphatic carbocycles. The number of fused-ring (bicyclic) bond motifs is 1. The second-order valence-corrected chi connectivity index (χ2v) is 7.08. The topological polar surface area (TPSA) is 84.9 Å². The van der Waals surface area contributed by atoms with Crippen molar-refractivity contribution in [2.24, 2.45) is 0 Å². The molecule has 1 aromatic heterocycles. The molecule has 1 aliphatic rings. The van der Waals surface area contributed by atoms with Crippen molar-refractivity contribution < 1.29 is 24.0 Å². The number of aromatic amines is 1. The maximum Gasteiger partial charge on any atom is 0.356 e. The second-order valence-electron chi connectivity index (χ2n) is 6.67. The molecule has 3 N–H and O–H groups in total. The van der Waals surface area contributed by atoms with E-state index in [1.807, 2.05) is 13.8 Å². The van der Waals surface area contributed by atoms with Crippen LogP contribution in [0.5, 0.6) is 0 Å². The van der Waals surface area contributed by atoms with Gasteiger partial charge < -0.3 is 24.7 Å². The van der Waals surface area contributed by atoms with Gasteiger partial charge in [0.2, 0.25) is 0 Å². The van der Waals surface area contributed by atoms with Gasteiger partial charge in [-0.3, -0.25) is 4.79 Å². The molecule has 0 saturated carbocycles. The number of nitrogens with one attached hydrogen (secondary N) is 3. The molecule has 26 heavy (non-hydrogen) atoms.